The van der Waals surface area contributed by atoms with Crippen LogP contribution in [0.25, 0.3) is 10.9 Å². The van der Waals surface area contributed by atoms with Crippen LogP contribution in [0.4, 0.5) is 28.0 Å². The molecule has 7 nitrogen and oxygen atoms in total. The van der Waals surface area contributed by atoms with E-state index in [9.17, 15) is 18.0 Å². The first-order chi connectivity index (χ1) is 15.8. The SMILES string of the molecule is CNCc1cc(Oc2ccc3c(ccn3C(=O)Nc3cccc(C(F)(F)F)c3)c2F)ncn1. The lowest BCUT2D eigenvalue weighted by molar-refractivity contribution is -0.137. The van der Waals surface area contributed by atoms with E-state index in [0.29, 0.717) is 12.2 Å². The van der Waals surface area contributed by atoms with Crippen molar-refractivity contribution >= 4 is 22.6 Å². The summed E-state index contributed by atoms with van der Waals surface area (Å²) in [5.74, 6) is -0.672. The highest BCUT2D eigenvalue weighted by atomic mass is 19.4. The number of nitrogens with zero attached hydrogens (tertiary/aromatic N) is 3. The fraction of sp³-hybridized carbons (Fsp3) is 0.136. The monoisotopic (exact) mass is 459 g/mol. The quantitative estimate of drug-likeness (QED) is 0.402. The number of fused-ring (bicyclic) bond motifs is 1. The molecule has 170 valence electrons. The predicted molar refractivity (Wildman–Crippen MR) is 113 cm³/mol. The molecule has 0 aliphatic rings. The van der Waals surface area contributed by atoms with E-state index in [1.54, 1.807) is 13.1 Å². The Morgan fingerprint density at radius 3 is 2.70 bits per heavy atom. The van der Waals surface area contributed by atoms with E-state index in [0.717, 1.165) is 16.7 Å². The highest BCUT2D eigenvalue weighted by Gasteiger charge is 2.30. The van der Waals surface area contributed by atoms with Gasteiger partial charge in [-0.2, -0.15) is 13.2 Å². The molecule has 2 aromatic heterocycles. The van der Waals surface area contributed by atoms with Crippen LogP contribution in [0.15, 0.2) is 61.1 Å². The van der Waals surface area contributed by atoms with Crippen LogP contribution in [0, 0.1) is 5.82 Å². The second-order valence-electron chi connectivity index (χ2n) is 6.98. The van der Waals surface area contributed by atoms with Crippen LogP contribution in [0.5, 0.6) is 11.6 Å². The molecule has 11 heteroatoms. The zero-order chi connectivity index (χ0) is 23.6. The number of benzene rings is 2. The summed E-state index contributed by atoms with van der Waals surface area (Å²) in [6.45, 7) is 0.476. The minimum absolute atomic E-state index is 0.0433. The number of nitrogens with one attached hydrogen (secondary N) is 2. The summed E-state index contributed by atoms with van der Waals surface area (Å²) in [4.78, 5) is 20.7. The van der Waals surface area contributed by atoms with Gasteiger partial charge < -0.3 is 15.4 Å². The number of ether oxygens (including phenoxy) is 1. The molecule has 0 fully saturated rings. The lowest BCUT2D eigenvalue weighted by Crippen LogP contribution is -2.19. The summed E-state index contributed by atoms with van der Waals surface area (Å²) in [6, 6.07) is 9.23. The maximum Gasteiger partial charge on any atom is 0.416 e. The number of halogens is 4. The van der Waals surface area contributed by atoms with Crippen molar-refractivity contribution in [2.45, 2.75) is 12.7 Å². The third kappa shape index (κ3) is 4.77. The van der Waals surface area contributed by atoms with Crippen molar-refractivity contribution in [3.05, 3.63) is 78.1 Å². The lowest BCUT2D eigenvalue weighted by atomic mass is 10.2. The second kappa shape index (κ2) is 8.87. The fourth-order valence-corrected chi connectivity index (χ4v) is 3.20. The van der Waals surface area contributed by atoms with Gasteiger partial charge in [-0.15, -0.1) is 0 Å². The Bertz CT molecular complexity index is 1320. The molecular formula is C22H17F4N5O2. The molecule has 0 saturated heterocycles. The average molecular weight is 459 g/mol. The Morgan fingerprint density at radius 1 is 1.12 bits per heavy atom. The largest absolute Gasteiger partial charge is 0.436 e. The predicted octanol–water partition coefficient (Wildman–Crippen LogP) is 5.18. The molecule has 0 bridgehead atoms. The van der Waals surface area contributed by atoms with Crippen LogP contribution in [0.1, 0.15) is 11.3 Å². The number of anilines is 1. The van der Waals surface area contributed by atoms with Crippen LogP contribution in [0.2, 0.25) is 0 Å². The van der Waals surface area contributed by atoms with Gasteiger partial charge in [0, 0.05) is 29.9 Å². The Kier molecular flexibility index (Phi) is 5.97. The zero-order valence-corrected chi connectivity index (χ0v) is 17.2. The number of alkyl halides is 3. The van der Waals surface area contributed by atoms with Gasteiger partial charge in [-0.25, -0.2) is 19.2 Å². The molecule has 0 aliphatic heterocycles. The maximum absolute atomic E-state index is 15.0. The topological polar surface area (TPSA) is 81.1 Å². The zero-order valence-electron chi connectivity index (χ0n) is 17.2. The van der Waals surface area contributed by atoms with E-state index >= 15 is 4.39 Å². The van der Waals surface area contributed by atoms with Gasteiger partial charge in [0.15, 0.2) is 11.6 Å². The molecule has 4 rings (SSSR count). The smallest absolute Gasteiger partial charge is 0.416 e. The van der Waals surface area contributed by atoms with Crippen LogP contribution < -0.4 is 15.4 Å². The number of hydrogen-bond acceptors (Lipinski definition) is 5. The Hall–Kier alpha value is -3.99. The van der Waals surface area contributed by atoms with Crippen molar-refractivity contribution in [1.82, 2.24) is 19.9 Å². The van der Waals surface area contributed by atoms with Crippen molar-refractivity contribution in [3.63, 3.8) is 0 Å². The van der Waals surface area contributed by atoms with Gasteiger partial charge in [-0.05, 0) is 43.4 Å². The van der Waals surface area contributed by atoms with Gasteiger partial charge in [-0.1, -0.05) is 6.07 Å². The van der Waals surface area contributed by atoms with Crippen LogP contribution in [0.3, 0.4) is 0 Å². The summed E-state index contributed by atoms with van der Waals surface area (Å²) in [7, 11) is 1.75. The third-order valence-corrected chi connectivity index (χ3v) is 4.70. The first-order valence-electron chi connectivity index (χ1n) is 9.68. The molecule has 33 heavy (non-hydrogen) atoms. The summed E-state index contributed by atoms with van der Waals surface area (Å²) in [5.41, 5.74) is -0.0735. The van der Waals surface area contributed by atoms with Crippen LogP contribution in [-0.4, -0.2) is 27.6 Å². The van der Waals surface area contributed by atoms with E-state index in [4.69, 9.17) is 4.74 Å². The highest BCUT2D eigenvalue weighted by Crippen LogP contribution is 2.32. The van der Waals surface area contributed by atoms with Crippen molar-refractivity contribution in [3.8, 4) is 11.6 Å². The summed E-state index contributed by atoms with van der Waals surface area (Å²) in [5, 5.41) is 5.42. The molecule has 2 aromatic carbocycles. The number of amides is 1. The lowest BCUT2D eigenvalue weighted by Gasteiger charge is -2.11. The number of hydrogen-bond donors (Lipinski definition) is 2. The van der Waals surface area contributed by atoms with Crippen molar-refractivity contribution < 1.29 is 27.1 Å². The molecule has 1 amide bonds. The number of carbonyl (C=O) groups excluding carboxylic acids is 1. The highest BCUT2D eigenvalue weighted by molar-refractivity contribution is 5.99. The second-order valence-corrected chi connectivity index (χ2v) is 6.98. The van der Waals surface area contributed by atoms with E-state index < -0.39 is 23.6 Å². The molecular weight excluding hydrogens is 442 g/mol. The third-order valence-electron chi connectivity index (χ3n) is 4.70. The van der Waals surface area contributed by atoms with Gasteiger partial charge in [0.1, 0.15) is 6.33 Å². The van der Waals surface area contributed by atoms with E-state index in [1.165, 1.54) is 42.9 Å². The molecule has 4 aromatic rings. The molecule has 2 N–H and O–H groups in total. The molecule has 0 atom stereocenters. The van der Waals surface area contributed by atoms with Crippen molar-refractivity contribution in [1.29, 1.82) is 0 Å². The average Bonchev–Trinajstić information content (AvgIpc) is 3.21. The summed E-state index contributed by atoms with van der Waals surface area (Å²) in [6.07, 6.45) is -1.93. The minimum Gasteiger partial charge on any atom is -0.436 e. The standard InChI is InChI=1S/C22H17F4N5O2/c1-27-11-15-10-19(29-12-28-15)33-18-6-5-17-16(20(18)23)7-8-31(17)21(32)30-14-4-2-3-13(9-14)22(24,25)26/h2-10,12,27H,11H2,1H3,(H,30,32). The Morgan fingerprint density at radius 2 is 1.94 bits per heavy atom. The van der Waals surface area contributed by atoms with E-state index in [-0.39, 0.29) is 28.2 Å². The fourth-order valence-electron chi connectivity index (χ4n) is 3.20. The first-order valence-corrected chi connectivity index (χ1v) is 9.68. The molecule has 0 saturated carbocycles. The molecule has 0 aliphatic carbocycles. The number of aromatic nitrogens is 3. The minimum atomic E-state index is -4.54. The summed E-state index contributed by atoms with van der Waals surface area (Å²) < 4.78 is 60.4. The molecule has 2 heterocycles. The van der Waals surface area contributed by atoms with Gasteiger partial charge in [0.2, 0.25) is 5.88 Å². The van der Waals surface area contributed by atoms with Gasteiger partial charge in [0.25, 0.3) is 0 Å². The van der Waals surface area contributed by atoms with Gasteiger partial charge >= 0.3 is 12.2 Å². The maximum atomic E-state index is 15.0. The van der Waals surface area contributed by atoms with E-state index in [2.05, 4.69) is 20.6 Å². The van der Waals surface area contributed by atoms with Crippen molar-refractivity contribution in [2.75, 3.05) is 12.4 Å². The van der Waals surface area contributed by atoms with E-state index in [1.807, 2.05) is 0 Å². The van der Waals surface area contributed by atoms with Crippen LogP contribution >= 0.6 is 0 Å². The summed E-state index contributed by atoms with van der Waals surface area (Å²) >= 11 is 0. The number of rotatable bonds is 5. The molecule has 0 radical (unpaired) electrons. The van der Waals surface area contributed by atoms with Crippen LogP contribution in [-0.2, 0) is 12.7 Å². The Labute approximate surface area is 185 Å². The van der Waals surface area contributed by atoms with Gasteiger partial charge in [0.05, 0.1) is 16.8 Å². The molecule has 0 spiro atoms. The van der Waals surface area contributed by atoms with Crippen molar-refractivity contribution in [2.24, 2.45) is 0 Å². The van der Waals surface area contributed by atoms with Gasteiger partial charge in [-0.3, -0.25) is 4.57 Å². The Balaban J connectivity index is 1.58. The molecule has 0 unspecified atom stereocenters. The normalized spacial score (nSPS) is 11.5. The number of carbonyl (C=O) groups is 1. The first kappa shape index (κ1) is 22.2.